The Labute approximate surface area is 108 Å². The van der Waals surface area contributed by atoms with E-state index in [-0.39, 0.29) is 24.8 Å². The van der Waals surface area contributed by atoms with Gasteiger partial charge in [-0.2, -0.15) is 0 Å². The lowest BCUT2D eigenvalue weighted by molar-refractivity contribution is -0.145. The van der Waals surface area contributed by atoms with Crippen LogP contribution >= 0.6 is 0 Å². The number of rotatable bonds is 4. The molecule has 0 spiro atoms. The lowest BCUT2D eigenvalue weighted by Gasteiger charge is -2.31. The second kappa shape index (κ2) is 5.99. The predicted octanol–water partition coefficient (Wildman–Crippen LogP) is 1.16. The Bertz CT molecular complexity index is 295. The Balaban J connectivity index is 1.86. The van der Waals surface area contributed by atoms with Gasteiger partial charge in [-0.1, -0.05) is 0 Å². The molecular weight excluding hydrogens is 234 g/mol. The molecule has 3 atom stereocenters. The molecule has 0 N–H and O–H groups in total. The van der Waals surface area contributed by atoms with E-state index < -0.39 is 0 Å². The van der Waals surface area contributed by atoms with Crippen LogP contribution in [0.1, 0.15) is 33.1 Å². The summed E-state index contributed by atoms with van der Waals surface area (Å²) >= 11 is 0. The van der Waals surface area contributed by atoms with Crippen LogP contribution in [0.15, 0.2) is 0 Å². The molecule has 2 saturated heterocycles. The van der Waals surface area contributed by atoms with Gasteiger partial charge in [0, 0.05) is 6.04 Å². The van der Waals surface area contributed by atoms with Gasteiger partial charge in [0.2, 0.25) is 0 Å². The minimum absolute atomic E-state index is 0.155. The number of hydrogen-bond acceptors (Lipinski definition) is 5. The van der Waals surface area contributed by atoms with Crippen LogP contribution in [0.5, 0.6) is 0 Å². The molecule has 0 aromatic carbocycles. The van der Waals surface area contributed by atoms with Gasteiger partial charge in [0.1, 0.15) is 0 Å². The van der Waals surface area contributed by atoms with Gasteiger partial charge in [-0.25, -0.2) is 0 Å². The average molecular weight is 257 g/mol. The summed E-state index contributed by atoms with van der Waals surface area (Å²) in [4.78, 5) is 13.6. The molecule has 0 saturated carbocycles. The van der Waals surface area contributed by atoms with E-state index in [4.69, 9.17) is 9.47 Å². The van der Waals surface area contributed by atoms with Crippen molar-refractivity contribution in [3.8, 4) is 0 Å². The maximum Gasteiger partial charge on any atom is 0.308 e. The first-order chi connectivity index (χ1) is 8.61. The van der Waals surface area contributed by atoms with Crippen LogP contribution in [-0.4, -0.2) is 55.6 Å². The van der Waals surface area contributed by atoms with Gasteiger partial charge in [0.15, 0.2) is 6.29 Å². The minimum atomic E-state index is -0.239. The van der Waals surface area contributed by atoms with Gasteiger partial charge in [0.25, 0.3) is 0 Å². The zero-order valence-corrected chi connectivity index (χ0v) is 11.4. The molecule has 0 aliphatic carbocycles. The summed E-state index contributed by atoms with van der Waals surface area (Å²) < 4.78 is 16.2. The molecule has 0 aromatic heterocycles. The van der Waals surface area contributed by atoms with Crippen molar-refractivity contribution >= 4 is 5.97 Å². The Morgan fingerprint density at radius 3 is 2.94 bits per heavy atom. The highest BCUT2D eigenvalue weighted by Gasteiger charge is 2.39. The molecule has 5 heteroatoms. The van der Waals surface area contributed by atoms with Crippen LogP contribution in [0.25, 0.3) is 0 Å². The summed E-state index contributed by atoms with van der Waals surface area (Å²) in [6.45, 7) is 5.98. The van der Waals surface area contributed by atoms with Crippen molar-refractivity contribution in [1.29, 1.82) is 0 Å². The monoisotopic (exact) mass is 257 g/mol. The summed E-state index contributed by atoms with van der Waals surface area (Å²) in [7, 11) is 1.40. The Morgan fingerprint density at radius 2 is 2.28 bits per heavy atom. The normalized spacial score (nSPS) is 33.2. The van der Waals surface area contributed by atoms with Gasteiger partial charge >= 0.3 is 5.97 Å². The van der Waals surface area contributed by atoms with Crippen LogP contribution in [0, 0.1) is 0 Å². The molecule has 5 nitrogen and oxygen atoms in total. The third kappa shape index (κ3) is 3.02. The molecule has 2 aliphatic rings. The van der Waals surface area contributed by atoms with Gasteiger partial charge < -0.3 is 14.2 Å². The van der Waals surface area contributed by atoms with E-state index in [1.165, 1.54) is 13.5 Å². The third-order valence-corrected chi connectivity index (χ3v) is 3.71. The second-order valence-corrected chi connectivity index (χ2v) is 5.28. The standard InChI is InChI=1S/C13H23NO4/c1-9(2)14-6-4-5-11(14)13-17-8-10(18-13)7-12(15)16-3/h9-11,13H,4-8H2,1-3H3. The minimum Gasteiger partial charge on any atom is -0.469 e. The smallest absolute Gasteiger partial charge is 0.308 e. The predicted molar refractivity (Wildman–Crippen MR) is 66.1 cm³/mol. The SMILES string of the molecule is COC(=O)CC1COC(C2CCCN2C(C)C)O1. The highest BCUT2D eigenvalue weighted by Crippen LogP contribution is 2.29. The van der Waals surface area contributed by atoms with Crippen LogP contribution in [-0.2, 0) is 19.0 Å². The number of nitrogens with zero attached hydrogens (tertiary/aromatic N) is 1. The van der Waals surface area contributed by atoms with E-state index >= 15 is 0 Å². The van der Waals surface area contributed by atoms with E-state index in [2.05, 4.69) is 23.5 Å². The molecule has 0 aromatic rings. The molecule has 2 aliphatic heterocycles. The summed E-state index contributed by atoms with van der Waals surface area (Å²) in [6.07, 6.45) is 2.23. The molecule has 0 bridgehead atoms. The Kier molecular flexibility index (Phi) is 4.59. The van der Waals surface area contributed by atoms with Crippen molar-refractivity contribution in [3.63, 3.8) is 0 Å². The number of carbonyl (C=O) groups excluding carboxylic acids is 1. The molecular formula is C13H23NO4. The Hall–Kier alpha value is -0.650. The molecule has 2 rings (SSSR count). The number of ether oxygens (including phenoxy) is 3. The quantitative estimate of drug-likeness (QED) is 0.707. The Morgan fingerprint density at radius 1 is 1.50 bits per heavy atom. The van der Waals surface area contributed by atoms with E-state index in [0.717, 1.165) is 13.0 Å². The molecule has 0 amide bonds. The van der Waals surface area contributed by atoms with E-state index in [1.807, 2.05) is 0 Å². The number of esters is 1. The fraction of sp³-hybridized carbons (Fsp3) is 0.923. The first kappa shape index (κ1) is 13.8. The lowest BCUT2D eigenvalue weighted by Crippen LogP contribution is -2.43. The molecule has 3 unspecified atom stereocenters. The molecule has 104 valence electrons. The molecule has 18 heavy (non-hydrogen) atoms. The van der Waals surface area contributed by atoms with Crippen molar-refractivity contribution in [2.24, 2.45) is 0 Å². The van der Waals surface area contributed by atoms with Gasteiger partial charge in [0.05, 0.1) is 32.3 Å². The lowest BCUT2D eigenvalue weighted by atomic mass is 10.2. The van der Waals surface area contributed by atoms with E-state index in [9.17, 15) is 4.79 Å². The maximum absolute atomic E-state index is 11.2. The largest absolute Gasteiger partial charge is 0.469 e. The highest BCUT2D eigenvalue weighted by molar-refractivity contribution is 5.69. The highest BCUT2D eigenvalue weighted by atomic mass is 16.7. The van der Waals surface area contributed by atoms with Crippen LogP contribution in [0.4, 0.5) is 0 Å². The summed E-state index contributed by atoms with van der Waals surface area (Å²) in [5, 5.41) is 0. The average Bonchev–Trinajstić information content (AvgIpc) is 2.95. The maximum atomic E-state index is 11.2. The van der Waals surface area contributed by atoms with Crippen molar-refractivity contribution in [3.05, 3.63) is 0 Å². The number of carbonyl (C=O) groups is 1. The van der Waals surface area contributed by atoms with E-state index in [1.54, 1.807) is 0 Å². The van der Waals surface area contributed by atoms with Crippen LogP contribution in [0.2, 0.25) is 0 Å². The first-order valence-corrected chi connectivity index (χ1v) is 6.71. The van der Waals surface area contributed by atoms with Gasteiger partial charge in [-0.15, -0.1) is 0 Å². The summed E-state index contributed by atoms with van der Waals surface area (Å²) in [5.41, 5.74) is 0. The van der Waals surface area contributed by atoms with Crippen molar-refractivity contribution in [2.75, 3.05) is 20.3 Å². The fourth-order valence-corrected chi connectivity index (χ4v) is 2.80. The van der Waals surface area contributed by atoms with Crippen LogP contribution in [0.3, 0.4) is 0 Å². The zero-order chi connectivity index (χ0) is 13.1. The van der Waals surface area contributed by atoms with Crippen LogP contribution < -0.4 is 0 Å². The van der Waals surface area contributed by atoms with Crippen molar-refractivity contribution < 1.29 is 19.0 Å². The molecule has 2 fully saturated rings. The van der Waals surface area contributed by atoms with E-state index in [0.29, 0.717) is 18.7 Å². The fourth-order valence-electron chi connectivity index (χ4n) is 2.80. The number of likely N-dealkylation sites (tertiary alicyclic amines) is 1. The zero-order valence-electron chi connectivity index (χ0n) is 11.4. The van der Waals surface area contributed by atoms with Gasteiger partial charge in [-0.3, -0.25) is 9.69 Å². The summed E-state index contributed by atoms with van der Waals surface area (Å²) in [6, 6.07) is 0.831. The molecule has 2 heterocycles. The number of hydrogen-bond donors (Lipinski definition) is 0. The molecule has 0 radical (unpaired) electrons. The van der Waals surface area contributed by atoms with Gasteiger partial charge in [-0.05, 0) is 33.2 Å². The van der Waals surface area contributed by atoms with Crippen molar-refractivity contribution in [2.45, 2.75) is 57.6 Å². The first-order valence-electron chi connectivity index (χ1n) is 6.71. The second-order valence-electron chi connectivity index (χ2n) is 5.28. The number of methoxy groups -OCH3 is 1. The van der Waals surface area contributed by atoms with Crippen molar-refractivity contribution in [1.82, 2.24) is 4.90 Å². The summed E-state index contributed by atoms with van der Waals surface area (Å²) in [5.74, 6) is -0.239. The third-order valence-electron chi connectivity index (χ3n) is 3.71. The topological polar surface area (TPSA) is 48.0 Å².